The van der Waals surface area contributed by atoms with Crippen LogP contribution in [-0.2, 0) is 9.53 Å². The lowest BCUT2D eigenvalue weighted by Gasteiger charge is -2.35. The molecule has 5 heteroatoms. The molecule has 0 bridgehead atoms. The Morgan fingerprint density at radius 1 is 1.24 bits per heavy atom. The van der Waals surface area contributed by atoms with Crippen molar-refractivity contribution in [3.63, 3.8) is 0 Å². The number of morpholine rings is 1. The second-order valence-electron chi connectivity index (χ2n) is 5.51. The summed E-state index contributed by atoms with van der Waals surface area (Å²) in [6.07, 6.45) is 0.115. The van der Waals surface area contributed by atoms with Gasteiger partial charge in [-0.1, -0.05) is 12.1 Å². The van der Waals surface area contributed by atoms with Gasteiger partial charge in [0.25, 0.3) is 0 Å². The number of ketones is 1. The Bertz CT molecular complexity index is 520. The van der Waals surface area contributed by atoms with Crippen LogP contribution < -0.4 is 5.32 Å². The lowest BCUT2D eigenvalue weighted by Crippen LogP contribution is -2.49. The summed E-state index contributed by atoms with van der Waals surface area (Å²) in [6, 6.07) is 7.23. The third-order valence-corrected chi connectivity index (χ3v) is 3.51. The van der Waals surface area contributed by atoms with E-state index in [1.165, 1.54) is 6.92 Å². The zero-order valence-corrected chi connectivity index (χ0v) is 12.8. The molecule has 0 aliphatic carbocycles. The molecule has 1 aromatic rings. The molecule has 2 unspecified atom stereocenters. The van der Waals surface area contributed by atoms with Crippen molar-refractivity contribution in [1.82, 2.24) is 4.90 Å². The summed E-state index contributed by atoms with van der Waals surface area (Å²) in [5.74, 6) is 0.00882. The standard InChI is InChI=1S/C16H22N2O3/c1-11-9-18(10-12(2)21-11)16(20)8-17-15-7-5-4-6-14(15)13(3)19/h4-7,11-12,17H,8-10H2,1-3H3. The highest BCUT2D eigenvalue weighted by molar-refractivity contribution is 6.00. The molecule has 1 heterocycles. The Labute approximate surface area is 125 Å². The number of amides is 1. The van der Waals surface area contributed by atoms with Crippen LogP contribution in [0.3, 0.4) is 0 Å². The van der Waals surface area contributed by atoms with Gasteiger partial charge < -0.3 is 15.0 Å². The van der Waals surface area contributed by atoms with Gasteiger partial charge in [0.05, 0.1) is 18.8 Å². The van der Waals surface area contributed by atoms with Crippen molar-refractivity contribution in [2.24, 2.45) is 0 Å². The molecule has 0 spiro atoms. The van der Waals surface area contributed by atoms with Gasteiger partial charge in [0.1, 0.15) is 0 Å². The van der Waals surface area contributed by atoms with Crippen LogP contribution in [0, 0.1) is 0 Å². The maximum atomic E-state index is 12.3. The number of para-hydroxylation sites is 1. The molecule has 2 atom stereocenters. The molecular formula is C16H22N2O3. The third-order valence-electron chi connectivity index (χ3n) is 3.51. The van der Waals surface area contributed by atoms with E-state index in [-0.39, 0.29) is 30.4 Å². The monoisotopic (exact) mass is 290 g/mol. The number of hydrogen-bond donors (Lipinski definition) is 1. The minimum atomic E-state index is -0.0147. The molecule has 1 fully saturated rings. The van der Waals surface area contributed by atoms with Crippen LogP contribution >= 0.6 is 0 Å². The molecule has 2 rings (SSSR count). The number of Topliss-reactive ketones (excluding diaryl/α,β-unsaturated/α-hetero) is 1. The molecule has 1 N–H and O–H groups in total. The van der Waals surface area contributed by atoms with Crippen molar-refractivity contribution in [2.75, 3.05) is 25.0 Å². The van der Waals surface area contributed by atoms with Crippen molar-refractivity contribution < 1.29 is 14.3 Å². The van der Waals surface area contributed by atoms with Crippen LogP contribution in [0.15, 0.2) is 24.3 Å². The summed E-state index contributed by atoms with van der Waals surface area (Å²) in [7, 11) is 0. The Hall–Kier alpha value is -1.88. The number of nitrogens with one attached hydrogen (secondary N) is 1. The van der Waals surface area contributed by atoms with E-state index in [0.717, 1.165) is 0 Å². The largest absolute Gasteiger partial charge is 0.376 e. The second-order valence-corrected chi connectivity index (χ2v) is 5.51. The van der Waals surface area contributed by atoms with E-state index in [2.05, 4.69) is 5.32 Å². The van der Waals surface area contributed by atoms with E-state index < -0.39 is 0 Å². The molecule has 1 aliphatic rings. The Morgan fingerprint density at radius 3 is 2.48 bits per heavy atom. The highest BCUT2D eigenvalue weighted by Gasteiger charge is 2.25. The van der Waals surface area contributed by atoms with Gasteiger partial charge in [0, 0.05) is 24.3 Å². The summed E-state index contributed by atoms with van der Waals surface area (Å²) >= 11 is 0. The molecule has 1 aliphatic heterocycles. The van der Waals surface area contributed by atoms with Gasteiger partial charge in [0.2, 0.25) is 5.91 Å². The molecular weight excluding hydrogens is 268 g/mol. The van der Waals surface area contributed by atoms with E-state index in [9.17, 15) is 9.59 Å². The minimum Gasteiger partial charge on any atom is -0.376 e. The van der Waals surface area contributed by atoms with Crippen LogP contribution in [0.5, 0.6) is 0 Å². The smallest absolute Gasteiger partial charge is 0.242 e. The fraction of sp³-hybridized carbons (Fsp3) is 0.500. The fourth-order valence-corrected chi connectivity index (χ4v) is 2.61. The topological polar surface area (TPSA) is 58.6 Å². The van der Waals surface area contributed by atoms with Crippen LogP contribution in [0.1, 0.15) is 31.1 Å². The lowest BCUT2D eigenvalue weighted by molar-refractivity contribution is -0.141. The van der Waals surface area contributed by atoms with E-state index in [0.29, 0.717) is 24.3 Å². The van der Waals surface area contributed by atoms with Gasteiger partial charge >= 0.3 is 0 Å². The average Bonchev–Trinajstić information content (AvgIpc) is 2.43. The number of hydrogen-bond acceptors (Lipinski definition) is 4. The Kier molecular flexibility index (Phi) is 4.96. The summed E-state index contributed by atoms with van der Waals surface area (Å²) in [5, 5.41) is 3.07. The summed E-state index contributed by atoms with van der Waals surface area (Å²) in [4.78, 5) is 25.6. The molecule has 1 aromatic carbocycles. The zero-order valence-electron chi connectivity index (χ0n) is 12.8. The maximum Gasteiger partial charge on any atom is 0.242 e. The van der Waals surface area contributed by atoms with E-state index in [1.807, 2.05) is 36.9 Å². The first-order valence-corrected chi connectivity index (χ1v) is 7.24. The number of benzene rings is 1. The molecule has 1 saturated heterocycles. The summed E-state index contributed by atoms with van der Waals surface area (Å²) in [5.41, 5.74) is 1.31. The predicted molar refractivity (Wildman–Crippen MR) is 81.5 cm³/mol. The summed E-state index contributed by atoms with van der Waals surface area (Å²) in [6.45, 7) is 6.86. The van der Waals surface area contributed by atoms with Gasteiger partial charge in [-0.25, -0.2) is 0 Å². The first kappa shape index (κ1) is 15.5. The number of rotatable bonds is 4. The quantitative estimate of drug-likeness (QED) is 0.861. The maximum absolute atomic E-state index is 12.3. The van der Waals surface area contributed by atoms with Crippen molar-refractivity contribution in [2.45, 2.75) is 33.0 Å². The van der Waals surface area contributed by atoms with Crippen molar-refractivity contribution >= 4 is 17.4 Å². The van der Waals surface area contributed by atoms with Gasteiger partial charge in [-0.15, -0.1) is 0 Å². The molecule has 0 saturated carbocycles. The molecule has 0 aromatic heterocycles. The molecule has 0 radical (unpaired) electrons. The highest BCUT2D eigenvalue weighted by atomic mass is 16.5. The molecule has 5 nitrogen and oxygen atoms in total. The van der Waals surface area contributed by atoms with Crippen LogP contribution in [0.4, 0.5) is 5.69 Å². The lowest BCUT2D eigenvalue weighted by atomic mass is 10.1. The van der Waals surface area contributed by atoms with Gasteiger partial charge in [-0.3, -0.25) is 9.59 Å². The van der Waals surface area contributed by atoms with Crippen LogP contribution in [0.25, 0.3) is 0 Å². The first-order valence-electron chi connectivity index (χ1n) is 7.24. The van der Waals surface area contributed by atoms with Crippen LogP contribution in [-0.4, -0.2) is 48.4 Å². The average molecular weight is 290 g/mol. The van der Waals surface area contributed by atoms with E-state index in [4.69, 9.17) is 4.74 Å². The van der Waals surface area contributed by atoms with Crippen molar-refractivity contribution in [1.29, 1.82) is 0 Å². The number of carbonyl (C=O) groups excluding carboxylic acids is 2. The first-order chi connectivity index (χ1) is 9.97. The number of ether oxygens (including phenoxy) is 1. The van der Waals surface area contributed by atoms with Crippen molar-refractivity contribution in [3.8, 4) is 0 Å². The predicted octanol–water partition coefficient (Wildman–Crippen LogP) is 1.94. The van der Waals surface area contributed by atoms with Gasteiger partial charge in [-0.2, -0.15) is 0 Å². The SMILES string of the molecule is CC(=O)c1ccccc1NCC(=O)N1CC(C)OC(C)C1. The zero-order chi connectivity index (χ0) is 15.4. The fourth-order valence-electron chi connectivity index (χ4n) is 2.61. The Balaban J connectivity index is 1.97. The number of carbonyl (C=O) groups is 2. The number of nitrogens with zero attached hydrogens (tertiary/aromatic N) is 1. The second kappa shape index (κ2) is 6.72. The summed E-state index contributed by atoms with van der Waals surface area (Å²) < 4.78 is 5.62. The van der Waals surface area contributed by atoms with E-state index in [1.54, 1.807) is 6.07 Å². The normalized spacial score (nSPS) is 22.0. The molecule has 21 heavy (non-hydrogen) atoms. The van der Waals surface area contributed by atoms with Crippen LogP contribution in [0.2, 0.25) is 0 Å². The Morgan fingerprint density at radius 2 is 1.86 bits per heavy atom. The third kappa shape index (κ3) is 4.04. The molecule has 1 amide bonds. The van der Waals surface area contributed by atoms with Crippen molar-refractivity contribution in [3.05, 3.63) is 29.8 Å². The highest BCUT2D eigenvalue weighted by Crippen LogP contribution is 2.16. The number of anilines is 1. The van der Waals surface area contributed by atoms with E-state index >= 15 is 0 Å². The minimum absolute atomic E-state index is 0.0147. The van der Waals surface area contributed by atoms with Gasteiger partial charge in [-0.05, 0) is 32.9 Å². The molecule has 114 valence electrons. The van der Waals surface area contributed by atoms with Gasteiger partial charge in [0.15, 0.2) is 5.78 Å².